The van der Waals surface area contributed by atoms with Gasteiger partial charge in [0.2, 0.25) is 11.8 Å². The third kappa shape index (κ3) is 3.24. The average molecular weight is 418 g/mol. The highest BCUT2D eigenvalue weighted by atomic mass is 16.3. The van der Waals surface area contributed by atoms with Crippen molar-refractivity contribution in [2.24, 2.45) is 23.7 Å². The van der Waals surface area contributed by atoms with E-state index in [-0.39, 0.29) is 53.6 Å². The third-order valence-corrected chi connectivity index (χ3v) is 6.47. The lowest BCUT2D eigenvalue weighted by Crippen LogP contribution is -2.43. The Morgan fingerprint density at radius 2 is 1.74 bits per heavy atom. The van der Waals surface area contributed by atoms with Crippen molar-refractivity contribution < 1.29 is 19.5 Å². The van der Waals surface area contributed by atoms with Crippen LogP contribution in [0.2, 0.25) is 0 Å². The summed E-state index contributed by atoms with van der Waals surface area (Å²) in [5, 5.41) is 15.0. The molecule has 2 aromatic rings. The summed E-state index contributed by atoms with van der Waals surface area (Å²) in [6, 6.07) is 11.0. The van der Waals surface area contributed by atoms with E-state index in [0.717, 1.165) is 12.0 Å². The van der Waals surface area contributed by atoms with Crippen LogP contribution in [0, 0.1) is 23.7 Å². The van der Waals surface area contributed by atoms with Crippen molar-refractivity contribution in [2.75, 3.05) is 11.9 Å². The highest BCUT2D eigenvalue weighted by molar-refractivity contribution is 6.07. The highest BCUT2D eigenvalue weighted by Crippen LogP contribution is 2.53. The first kappa shape index (κ1) is 19.3. The SMILES string of the molecule is O=C(NCC(c1ccccc1)N1C(=O)C2C3C=CC(C3)C2C1=O)Nc1ncccc1O. The normalized spacial score (nSPS) is 26.8. The smallest absolute Gasteiger partial charge is 0.320 e. The van der Waals surface area contributed by atoms with E-state index in [4.69, 9.17) is 0 Å². The summed E-state index contributed by atoms with van der Waals surface area (Å²) in [6.45, 7) is 0.0448. The molecule has 2 fully saturated rings. The number of nitrogens with one attached hydrogen (secondary N) is 2. The molecular weight excluding hydrogens is 396 g/mol. The summed E-state index contributed by atoms with van der Waals surface area (Å²) in [6.07, 6.45) is 6.43. The van der Waals surface area contributed by atoms with Crippen LogP contribution in [0.5, 0.6) is 5.75 Å². The second-order valence-corrected chi connectivity index (χ2v) is 8.18. The number of pyridine rings is 1. The number of carbonyl (C=O) groups excluding carboxylic acids is 3. The maximum Gasteiger partial charge on any atom is 0.320 e. The Morgan fingerprint density at radius 3 is 2.39 bits per heavy atom. The van der Waals surface area contributed by atoms with Gasteiger partial charge in [-0.3, -0.25) is 19.8 Å². The first-order chi connectivity index (χ1) is 15.0. The number of anilines is 1. The molecule has 2 heterocycles. The number of benzene rings is 1. The van der Waals surface area contributed by atoms with Crippen molar-refractivity contribution in [3.05, 3.63) is 66.4 Å². The van der Waals surface area contributed by atoms with Gasteiger partial charge in [0.25, 0.3) is 0 Å². The fourth-order valence-electron chi connectivity index (χ4n) is 5.10. The van der Waals surface area contributed by atoms with Gasteiger partial charge in [0.05, 0.1) is 17.9 Å². The van der Waals surface area contributed by atoms with Gasteiger partial charge in [-0.2, -0.15) is 0 Å². The predicted octanol–water partition coefficient (Wildman–Crippen LogP) is 2.46. The minimum absolute atomic E-state index is 0.0294. The molecule has 8 heteroatoms. The molecule has 2 bridgehead atoms. The number of amides is 4. The van der Waals surface area contributed by atoms with Gasteiger partial charge in [-0.15, -0.1) is 0 Å². The van der Waals surface area contributed by atoms with Gasteiger partial charge >= 0.3 is 6.03 Å². The number of imide groups is 1. The Kier molecular flexibility index (Phi) is 4.69. The van der Waals surface area contributed by atoms with E-state index in [1.165, 1.54) is 17.2 Å². The maximum atomic E-state index is 13.3. The minimum atomic E-state index is -0.616. The molecule has 3 aliphatic rings. The molecule has 5 unspecified atom stereocenters. The monoisotopic (exact) mass is 418 g/mol. The van der Waals surface area contributed by atoms with Gasteiger partial charge in [-0.1, -0.05) is 42.5 Å². The summed E-state index contributed by atoms with van der Waals surface area (Å²) in [5.74, 6) is -0.802. The fraction of sp³-hybridized carbons (Fsp3) is 0.304. The Hall–Kier alpha value is -3.68. The minimum Gasteiger partial charge on any atom is -0.504 e. The Balaban J connectivity index is 1.36. The van der Waals surface area contributed by atoms with Crippen LogP contribution in [0.1, 0.15) is 18.0 Å². The highest BCUT2D eigenvalue weighted by Gasteiger charge is 2.60. The van der Waals surface area contributed by atoms with Crippen molar-refractivity contribution in [3.8, 4) is 5.75 Å². The zero-order chi connectivity index (χ0) is 21.5. The van der Waals surface area contributed by atoms with Gasteiger partial charge in [0, 0.05) is 12.7 Å². The number of aromatic nitrogens is 1. The van der Waals surface area contributed by atoms with Crippen LogP contribution in [0.4, 0.5) is 10.6 Å². The summed E-state index contributed by atoms with van der Waals surface area (Å²) in [4.78, 5) is 44.2. The number of hydrogen-bond donors (Lipinski definition) is 3. The van der Waals surface area contributed by atoms with Crippen LogP contribution in [0.25, 0.3) is 0 Å². The summed E-state index contributed by atoms with van der Waals surface area (Å²) >= 11 is 0. The van der Waals surface area contributed by atoms with Crippen molar-refractivity contribution in [2.45, 2.75) is 12.5 Å². The number of nitrogens with zero attached hydrogens (tertiary/aromatic N) is 2. The molecular formula is C23H22N4O4. The molecule has 1 aromatic heterocycles. The number of aromatic hydroxyl groups is 1. The standard InChI is InChI=1S/C23H22N4O4/c28-17-7-4-10-24-20(17)26-23(31)25-12-16(13-5-2-1-3-6-13)27-21(29)18-14-8-9-15(11-14)19(18)22(27)30/h1-10,14-16,18-19,28H,11-12H2,(H2,24,25,26,31). The van der Waals surface area contributed by atoms with Crippen LogP contribution in [-0.4, -0.2) is 39.4 Å². The first-order valence-electron chi connectivity index (χ1n) is 10.3. The molecule has 5 atom stereocenters. The van der Waals surface area contributed by atoms with E-state index >= 15 is 0 Å². The summed E-state index contributed by atoms with van der Waals surface area (Å²) in [5.41, 5.74) is 0.769. The number of allylic oxidation sites excluding steroid dienone is 2. The maximum absolute atomic E-state index is 13.3. The van der Waals surface area contributed by atoms with Gasteiger partial charge in [-0.05, 0) is 36.0 Å². The van der Waals surface area contributed by atoms with Crippen molar-refractivity contribution in [3.63, 3.8) is 0 Å². The van der Waals surface area contributed by atoms with Gasteiger partial charge in [0.1, 0.15) is 0 Å². The molecule has 8 nitrogen and oxygen atoms in total. The van der Waals surface area contributed by atoms with E-state index < -0.39 is 12.1 Å². The zero-order valence-corrected chi connectivity index (χ0v) is 16.6. The fourth-order valence-corrected chi connectivity index (χ4v) is 5.10. The van der Waals surface area contributed by atoms with Gasteiger partial charge in [-0.25, -0.2) is 9.78 Å². The summed E-state index contributed by atoms with van der Waals surface area (Å²) in [7, 11) is 0. The number of rotatable bonds is 5. The predicted molar refractivity (Wildman–Crippen MR) is 112 cm³/mol. The van der Waals surface area contributed by atoms with E-state index in [9.17, 15) is 19.5 Å². The molecule has 1 saturated carbocycles. The van der Waals surface area contributed by atoms with Crippen LogP contribution in [-0.2, 0) is 9.59 Å². The number of hydrogen-bond acceptors (Lipinski definition) is 5. The molecule has 158 valence electrons. The van der Waals surface area contributed by atoms with Crippen LogP contribution in [0.3, 0.4) is 0 Å². The van der Waals surface area contributed by atoms with Crippen LogP contribution in [0.15, 0.2) is 60.8 Å². The molecule has 1 aromatic carbocycles. The van der Waals surface area contributed by atoms with Gasteiger partial charge < -0.3 is 10.4 Å². The molecule has 31 heavy (non-hydrogen) atoms. The molecule has 5 rings (SSSR count). The van der Waals surface area contributed by atoms with E-state index in [1.807, 2.05) is 30.3 Å². The lowest BCUT2D eigenvalue weighted by molar-refractivity contribution is -0.143. The lowest BCUT2D eigenvalue weighted by atomic mass is 9.85. The third-order valence-electron chi connectivity index (χ3n) is 6.47. The Bertz CT molecular complexity index is 1040. The quantitative estimate of drug-likeness (QED) is 0.510. The van der Waals surface area contributed by atoms with Crippen LogP contribution >= 0.6 is 0 Å². The van der Waals surface area contributed by atoms with Crippen molar-refractivity contribution in [1.29, 1.82) is 0 Å². The van der Waals surface area contributed by atoms with Crippen molar-refractivity contribution in [1.82, 2.24) is 15.2 Å². The molecule has 4 amide bonds. The molecule has 0 spiro atoms. The first-order valence-corrected chi connectivity index (χ1v) is 10.3. The van der Waals surface area contributed by atoms with Crippen molar-refractivity contribution >= 4 is 23.7 Å². The Labute approximate surface area is 179 Å². The second-order valence-electron chi connectivity index (χ2n) is 8.18. The zero-order valence-electron chi connectivity index (χ0n) is 16.6. The number of likely N-dealkylation sites (tertiary alicyclic amines) is 1. The molecule has 1 saturated heterocycles. The molecule has 3 N–H and O–H groups in total. The summed E-state index contributed by atoms with van der Waals surface area (Å²) < 4.78 is 0. The second kappa shape index (κ2) is 7.54. The number of fused-ring (bicyclic) bond motifs is 5. The van der Waals surface area contributed by atoms with Gasteiger partial charge in [0.15, 0.2) is 11.6 Å². The van der Waals surface area contributed by atoms with E-state index in [1.54, 1.807) is 6.07 Å². The number of carbonyl (C=O) groups is 3. The van der Waals surface area contributed by atoms with E-state index in [2.05, 4.69) is 27.8 Å². The topological polar surface area (TPSA) is 112 Å². The number of urea groups is 1. The lowest BCUT2D eigenvalue weighted by Gasteiger charge is -2.28. The van der Waals surface area contributed by atoms with E-state index in [0.29, 0.717) is 0 Å². The molecule has 1 aliphatic heterocycles. The molecule has 2 aliphatic carbocycles. The molecule has 0 radical (unpaired) electrons. The Morgan fingerprint density at radius 1 is 1.06 bits per heavy atom. The largest absolute Gasteiger partial charge is 0.504 e. The average Bonchev–Trinajstić information content (AvgIpc) is 3.46. The van der Waals surface area contributed by atoms with Crippen LogP contribution < -0.4 is 10.6 Å².